The average molecular weight is 253 g/mol. The summed E-state index contributed by atoms with van der Waals surface area (Å²) in [7, 11) is 0. The molecule has 5 heteroatoms. The molecule has 0 atom stereocenters. The van der Waals surface area contributed by atoms with Crippen molar-refractivity contribution < 1.29 is 19.1 Å². The Kier molecular flexibility index (Phi) is 5.97. The summed E-state index contributed by atoms with van der Waals surface area (Å²) in [5.41, 5.74) is 0.586. The van der Waals surface area contributed by atoms with Gasteiger partial charge in [0.15, 0.2) is 0 Å². The van der Waals surface area contributed by atoms with Crippen molar-refractivity contribution in [1.29, 1.82) is 0 Å². The number of rotatable bonds is 8. The monoisotopic (exact) mass is 253 g/mol. The lowest BCUT2D eigenvalue weighted by Gasteiger charge is -2.04. The van der Waals surface area contributed by atoms with Crippen LogP contribution in [0.15, 0.2) is 16.7 Å². The molecule has 0 bridgehead atoms. The molecule has 1 heterocycles. The minimum Gasteiger partial charge on any atom is -0.481 e. The van der Waals surface area contributed by atoms with Gasteiger partial charge in [-0.05, 0) is 18.9 Å². The molecule has 1 aromatic heterocycles. The van der Waals surface area contributed by atoms with Crippen LogP contribution in [0.2, 0.25) is 0 Å². The Morgan fingerprint density at radius 1 is 1.33 bits per heavy atom. The zero-order valence-corrected chi connectivity index (χ0v) is 10.6. The van der Waals surface area contributed by atoms with E-state index in [1.807, 2.05) is 6.92 Å². The maximum atomic E-state index is 11.8. The van der Waals surface area contributed by atoms with Crippen molar-refractivity contribution in [3.05, 3.63) is 23.7 Å². The van der Waals surface area contributed by atoms with E-state index in [0.717, 1.165) is 12.8 Å². The van der Waals surface area contributed by atoms with Gasteiger partial charge in [0, 0.05) is 19.4 Å². The normalized spacial score (nSPS) is 10.3. The van der Waals surface area contributed by atoms with Crippen LogP contribution < -0.4 is 5.32 Å². The summed E-state index contributed by atoms with van der Waals surface area (Å²) in [5, 5.41) is 11.3. The first-order valence-electron chi connectivity index (χ1n) is 6.21. The molecule has 5 nitrogen and oxygen atoms in total. The largest absolute Gasteiger partial charge is 0.481 e. The van der Waals surface area contributed by atoms with Crippen LogP contribution in [0.4, 0.5) is 0 Å². The Bertz CT molecular complexity index is 397. The smallest absolute Gasteiger partial charge is 0.303 e. The Balaban J connectivity index is 2.20. The second kappa shape index (κ2) is 7.53. The highest BCUT2D eigenvalue weighted by atomic mass is 16.4. The zero-order valence-electron chi connectivity index (χ0n) is 10.6. The third-order valence-electron chi connectivity index (χ3n) is 2.66. The first-order valence-corrected chi connectivity index (χ1v) is 6.21. The van der Waals surface area contributed by atoms with Crippen molar-refractivity contribution >= 4 is 11.9 Å². The molecule has 2 N–H and O–H groups in total. The van der Waals surface area contributed by atoms with Gasteiger partial charge in [-0.15, -0.1) is 0 Å². The van der Waals surface area contributed by atoms with Crippen LogP contribution in [0.1, 0.15) is 48.7 Å². The number of unbranched alkanes of at least 4 members (excludes halogenated alkanes) is 2. The minimum absolute atomic E-state index is 0.126. The molecule has 1 rings (SSSR count). The van der Waals surface area contributed by atoms with Crippen LogP contribution in [-0.2, 0) is 11.2 Å². The average Bonchev–Trinajstić information content (AvgIpc) is 2.81. The molecule has 1 amide bonds. The van der Waals surface area contributed by atoms with E-state index in [1.165, 1.54) is 6.26 Å². The van der Waals surface area contributed by atoms with Gasteiger partial charge in [-0.25, -0.2) is 0 Å². The molecule has 0 aliphatic carbocycles. The van der Waals surface area contributed by atoms with Crippen molar-refractivity contribution in [3.63, 3.8) is 0 Å². The van der Waals surface area contributed by atoms with Crippen molar-refractivity contribution in [2.75, 3.05) is 6.54 Å². The number of carboxylic acids is 1. The molecule has 0 aliphatic rings. The number of aryl methyl sites for hydroxylation is 1. The van der Waals surface area contributed by atoms with Crippen LogP contribution >= 0.6 is 0 Å². The molecule has 0 fully saturated rings. The molecule has 18 heavy (non-hydrogen) atoms. The van der Waals surface area contributed by atoms with E-state index >= 15 is 0 Å². The zero-order chi connectivity index (χ0) is 13.4. The highest BCUT2D eigenvalue weighted by molar-refractivity contribution is 5.95. The minimum atomic E-state index is -0.773. The van der Waals surface area contributed by atoms with Crippen LogP contribution in [0.5, 0.6) is 0 Å². The molecule has 1 aromatic rings. The van der Waals surface area contributed by atoms with Gasteiger partial charge in [-0.1, -0.05) is 13.3 Å². The van der Waals surface area contributed by atoms with Crippen LogP contribution in [-0.4, -0.2) is 23.5 Å². The number of nitrogens with one attached hydrogen (secondary N) is 1. The fourth-order valence-corrected chi connectivity index (χ4v) is 1.69. The molecule has 0 spiro atoms. The summed E-state index contributed by atoms with van der Waals surface area (Å²) in [5.74, 6) is -0.206. The summed E-state index contributed by atoms with van der Waals surface area (Å²) in [6.07, 6.45) is 4.64. The van der Waals surface area contributed by atoms with E-state index in [2.05, 4.69) is 5.32 Å². The quantitative estimate of drug-likeness (QED) is 0.696. The Hall–Kier alpha value is -1.78. The molecular weight excluding hydrogens is 234 g/mol. The van der Waals surface area contributed by atoms with Gasteiger partial charge in [0.25, 0.3) is 5.91 Å². The predicted molar refractivity (Wildman–Crippen MR) is 66.5 cm³/mol. The number of hydrogen-bond acceptors (Lipinski definition) is 3. The van der Waals surface area contributed by atoms with Gasteiger partial charge < -0.3 is 14.8 Å². The number of carboxylic acid groups (broad SMARTS) is 1. The third-order valence-corrected chi connectivity index (χ3v) is 2.66. The Morgan fingerprint density at radius 2 is 2.11 bits per heavy atom. The van der Waals surface area contributed by atoms with E-state index in [-0.39, 0.29) is 12.3 Å². The molecule has 0 radical (unpaired) electrons. The molecule has 0 saturated heterocycles. The molecule has 100 valence electrons. The fourth-order valence-electron chi connectivity index (χ4n) is 1.69. The number of carbonyl (C=O) groups excluding carboxylic acids is 1. The first-order chi connectivity index (χ1) is 8.65. The number of aliphatic carboxylic acids is 1. The third kappa shape index (κ3) is 4.61. The van der Waals surface area contributed by atoms with Gasteiger partial charge in [-0.2, -0.15) is 0 Å². The summed E-state index contributed by atoms with van der Waals surface area (Å²) in [6, 6.07) is 1.67. The highest BCUT2D eigenvalue weighted by Crippen LogP contribution is 2.10. The molecule has 0 saturated carbocycles. The maximum absolute atomic E-state index is 11.8. The molecule has 0 aliphatic heterocycles. The van der Waals surface area contributed by atoms with Crippen LogP contribution in [0.25, 0.3) is 0 Å². The summed E-state index contributed by atoms with van der Waals surface area (Å²) in [6.45, 7) is 2.49. The van der Waals surface area contributed by atoms with Crippen molar-refractivity contribution in [3.8, 4) is 0 Å². The number of carbonyl (C=O) groups is 2. The van der Waals surface area contributed by atoms with E-state index in [1.54, 1.807) is 6.07 Å². The Labute approximate surface area is 106 Å². The second-order valence-electron chi connectivity index (χ2n) is 4.07. The van der Waals surface area contributed by atoms with Gasteiger partial charge >= 0.3 is 5.97 Å². The van der Waals surface area contributed by atoms with E-state index in [9.17, 15) is 9.59 Å². The number of amides is 1. The Morgan fingerprint density at radius 3 is 2.78 bits per heavy atom. The predicted octanol–water partition coefficient (Wildman–Crippen LogP) is 2.22. The van der Waals surface area contributed by atoms with Gasteiger partial charge in [0.2, 0.25) is 0 Å². The van der Waals surface area contributed by atoms with Gasteiger partial charge in [0.1, 0.15) is 5.76 Å². The molecule has 0 aromatic carbocycles. The van der Waals surface area contributed by atoms with Crippen LogP contribution in [0.3, 0.4) is 0 Å². The van der Waals surface area contributed by atoms with E-state index in [4.69, 9.17) is 9.52 Å². The van der Waals surface area contributed by atoms with Gasteiger partial charge in [0.05, 0.1) is 11.8 Å². The highest BCUT2D eigenvalue weighted by Gasteiger charge is 2.12. The summed E-state index contributed by atoms with van der Waals surface area (Å²) < 4.78 is 5.18. The summed E-state index contributed by atoms with van der Waals surface area (Å²) in [4.78, 5) is 22.0. The summed E-state index contributed by atoms with van der Waals surface area (Å²) >= 11 is 0. The molecule has 0 unspecified atom stereocenters. The number of furan rings is 1. The van der Waals surface area contributed by atoms with Crippen molar-refractivity contribution in [2.45, 2.75) is 39.0 Å². The first kappa shape index (κ1) is 14.3. The maximum Gasteiger partial charge on any atom is 0.303 e. The fraction of sp³-hybridized carbons (Fsp3) is 0.538. The van der Waals surface area contributed by atoms with E-state index < -0.39 is 5.97 Å². The van der Waals surface area contributed by atoms with Crippen molar-refractivity contribution in [1.82, 2.24) is 5.32 Å². The number of hydrogen-bond donors (Lipinski definition) is 2. The standard InChI is InChI=1S/C13H19NO4/c1-2-11-10(7-9-18-11)13(17)14-8-5-3-4-6-12(15)16/h7,9H,2-6,8H2,1H3,(H,14,17)(H,15,16). The topological polar surface area (TPSA) is 79.5 Å². The second-order valence-corrected chi connectivity index (χ2v) is 4.07. The lowest BCUT2D eigenvalue weighted by molar-refractivity contribution is -0.137. The van der Waals surface area contributed by atoms with E-state index in [0.29, 0.717) is 30.7 Å². The SMILES string of the molecule is CCc1occc1C(=O)NCCCCCC(=O)O. The van der Waals surface area contributed by atoms with Crippen molar-refractivity contribution in [2.24, 2.45) is 0 Å². The molecular formula is C13H19NO4. The van der Waals surface area contributed by atoms with Gasteiger partial charge in [-0.3, -0.25) is 9.59 Å². The lowest BCUT2D eigenvalue weighted by atomic mass is 10.2. The lowest BCUT2D eigenvalue weighted by Crippen LogP contribution is -2.24. The van der Waals surface area contributed by atoms with Crippen LogP contribution in [0, 0.1) is 0 Å².